The molecular weight excluding hydrogens is 496 g/mol. The van der Waals surface area contributed by atoms with Crippen LogP contribution in [0.15, 0.2) is 71.9 Å². The third-order valence-electron chi connectivity index (χ3n) is 6.20. The van der Waals surface area contributed by atoms with Crippen LogP contribution >= 0.6 is 0 Å². The molecule has 10 heteroatoms. The maximum absolute atomic E-state index is 13.7. The number of esters is 1. The molecule has 38 heavy (non-hydrogen) atoms. The van der Waals surface area contributed by atoms with Gasteiger partial charge in [0.1, 0.15) is 24.3 Å². The quantitative estimate of drug-likeness (QED) is 0.445. The fourth-order valence-electron chi connectivity index (χ4n) is 4.30. The van der Waals surface area contributed by atoms with Gasteiger partial charge in [0.15, 0.2) is 11.5 Å². The average Bonchev–Trinajstić information content (AvgIpc) is 3.39. The maximum atomic E-state index is 13.7. The van der Waals surface area contributed by atoms with E-state index in [4.69, 9.17) is 19.5 Å². The number of aryl methyl sites for hydroxylation is 1. The van der Waals surface area contributed by atoms with Crippen molar-refractivity contribution in [2.75, 3.05) is 6.79 Å². The number of allylic oxidation sites excluding steroid dienone is 1. The van der Waals surface area contributed by atoms with E-state index in [1.54, 1.807) is 12.1 Å². The molecule has 2 N–H and O–H groups in total. The van der Waals surface area contributed by atoms with Gasteiger partial charge in [-0.15, -0.1) is 0 Å². The highest BCUT2D eigenvalue weighted by Crippen LogP contribution is 2.34. The minimum atomic E-state index is -0.897. The fraction of sp³-hybridized carbons (Fsp3) is 0.179. The van der Waals surface area contributed by atoms with Crippen LogP contribution in [0.2, 0.25) is 0 Å². The van der Waals surface area contributed by atoms with Crippen LogP contribution in [0.3, 0.4) is 0 Å². The molecule has 2 aliphatic rings. The van der Waals surface area contributed by atoms with Crippen LogP contribution in [0.4, 0.5) is 13.6 Å². The van der Waals surface area contributed by atoms with E-state index in [1.165, 1.54) is 36.4 Å². The number of nitrogens with one attached hydrogen (secondary N) is 2. The standard InChI is InChI=1S/C28H21F2N3O5/c29-20-6-4-18(5-7-20)26-25(27(34)36-14-17-1-8-21(30)19(11-17)13-31)22(32-28(35)33-26)9-2-16-3-10-23-24(12-16)38-15-37-23/h1,3-8,10-12,26H,2,9,14-15H2,(H2,32,33,35). The van der Waals surface area contributed by atoms with Gasteiger partial charge < -0.3 is 24.8 Å². The average molecular weight is 517 g/mol. The van der Waals surface area contributed by atoms with Crippen LogP contribution in [-0.4, -0.2) is 18.8 Å². The first-order chi connectivity index (χ1) is 18.4. The Morgan fingerprint density at radius 1 is 1.00 bits per heavy atom. The minimum Gasteiger partial charge on any atom is -0.457 e. The molecule has 1 atom stereocenters. The van der Waals surface area contributed by atoms with Crippen molar-refractivity contribution in [3.63, 3.8) is 0 Å². The molecule has 2 heterocycles. The molecule has 0 saturated heterocycles. The van der Waals surface area contributed by atoms with E-state index >= 15 is 0 Å². The lowest BCUT2D eigenvalue weighted by Gasteiger charge is -2.29. The number of benzene rings is 3. The minimum absolute atomic E-state index is 0.144. The second-order valence-electron chi connectivity index (χ2n) is 8.67. The number of urea groups is 1. The molecule has 1 unspecified atom stereocenters. The Balaban J connectivity index is 1.44. The first-order valence-electron chi connectivity index (χ1n) is 11.7. The number of carbonyl (C=O) groups is 2. The number of nitriles is 1. The van der Waals surface area contributed by atoms with Crippen molar-refractivity contribution in [2.45, 2.75) is 25.5 Å². The van der Waals surface area contributed by atoms with Crippen molar-refractivity contribution in [3.8, 4) is 17.6 Å². The van der Waals surface area contributed by atoms with Crippen LogP contribution in [0.25, 0.3) is 0 Å². The molecule has 0 aliphatic carbocycles. The highest BCUT2D eigenvalue weighted by Gasteiger charge is 2.33. The van der Waals surface area contributed by atoms with Gasteiger partial charge in [-0.05, 0) is 65.9 Å². The summed E-state index contributed by atoms with van der Waals surface area (Å²) in [7, 11) is 0. The second kappa shape index (κ2) is 10.6. The van der Waals surface area contributed by atoms with E-state index in [9.17, 15) is 18.4 Å². The number of carbonyl (C=O) groups excluding carboxylic acids is 2. The van der Waals surface area contributed by atoms with Gasteiger partial charge in [0, 0.05) is 5.70 Å². The van der Waals surface area contributed by atoms with Gasteiger partial charge in [-0.2, -0.15) is 5.26 Å². The Kier molecular flexibility index (Phi) is 6.91. The van der Waals surface area contributed by atoms with Gasteiger partial charge in [0.25, 0.3) is 0 Å². The van der Waals surface area contributed by atoms with Gasteiger partial charge in [0.2, 0.25) is 6.79 Å². The lowest BCUT2D eigenvalue weighted by molar-refractivity contribution is -0.140. The van der Waals surface area contributed by atoms with Crippen molar-refractivity contribution in [1.82, 2.24) is 10.6 Å². The zero-order chi connectivity index (χ0) is 26.6. The zero-order valence-electron chi connectivity index (χ0n) is 19.9. The summed E-state index contributed by atoms with van der Waals surface area (Å²) < 4.78 is 43.6. The summed E-state index contributed by atoms with van der Waals surface area (Å²) in [5.41, 5.74) is 2.14. The van der Waals surface area contributed by atoms with E-state index in [0.717, 1.165) is 11.6 Å². The summed E-state index contributed by atoms with van der Waals surface area (Å²) in [4.78, 5) is 26.0. The molecule has 0 aromatic heterocycles. The number of halogens is 2. The summed E-state index contributed by atoms with van der Waals surface area (Å²) in [5.74, 6) is -0.605. The van der Waals surface area contributed by atoms with Crippen LogP contribution in [-0.2, 0) is 22.6 Å². The van der Waals surface area contributed by atoms with E-state index in [-0.39, 0.29) is 31.0 Å². The van der Waals surface area contributed by atoms with E-state index in [0.29, 0.717) is 34.7 Å². The molecule has 0 radical (unpaired) electrons. The molecule has 0 spiro atoms. The van der Waals surface area contributed by atoms with Crippen LogP contribution < -0.4 is 20.1 Å². The highest BCUT2D eigenvalue weighted by atomic mass is 19.1. The predicted octanol–water partition coefficient (Wildman–Crippen LogP) is 4.55. The third-order valence-corrected chi connectivity index (χ3v) is 6.20. The molecule has 5 rings (SSSR count). The zero-order valence-corrected chi connectivity index (χ0v) is 19.9. The number of fused-ring (bicyclic) bond motifs is 1. The number of ether oxygens (including phenoxy) is 3. The molecule has 0 fully saturated rings. The van der Waals surface area contributed by atoms with Crippen molar-refractivity contribution < 1.29 is 32.6 Å². The summed E-state index contributed by atoms with van der Waals surface area (Å²) in [6.07, 6.45) is 0.743. The smallest absolute Gasteiger partial charge is 0.338 e. The molecule has 2 aliphatic heterocycles. The first-order valence-corrected chi connectivity index (χ1v) is 11.7. The predicted molar refractivity (Wildman–Crippen MR) is 130 cm³/mol. The number of rotatable bonds is 7. The van der Waals surface area contributed by atoms with Crippen molar-refractivity contribution in [3.05, 3.63) is 106 Å². The largest absolute Gasteiger partial charge is 0.457 e. The molecule has 8 nitrogen and oxygen atoms in total. The monoisotopic (exact) mass is 517 g/mol. The summed E-state index contributed by atoms with van der Waals surface area (Å²) in [6, 6.07) is 15.1. The van der Waals surface area contributed by atoms with E-state index in [2.05, 4.69) is 10.6 Å². The Bertz CT molecular complexity index is 1480. The van der Waals surface area contributed by atoms with Gasteiger partial charge >= 0.3 is 12.0 Å². The Morgan fingerprint density at radius 2 is 1.76 bits per heavy atom. The Hall–Kier alpha value is -4.91. The van der Waals surface area contributed by atoms with Crippen molar-refractivity contribution in [2.24, 2.45) is 0 Å². The topological polar surface area (TPSA) is 110 Å². The normalized spacial score (nSPS) is 15.9. The molecule has 2 amide bonds. The van der Waals surface area contributed by atoms with E-state index < -0.39 is 29.7 Å². The number of hydrogen-bond acceptors (Lipinski definition) is 6. The summed E-state index contributed by atoms with van der Waals surface area (Å²) >= 11 is 0. The fourth-order valence-corrected chi connectivity index (χ4v) is 4.30. The molecule has 0 bridgehead atoms. The molecule has 0 saturated carbocycles. The highest BCUT2D eigenvalue weighted by molar-refractivity contribution is 5.95. The molecule has 192 valence electrons. The van der Waals surface area contributed by atoms with Crippen molar-refractivity contribution >= 4 is 12.0 Å². The number of hydrogen-bond donors (Lipinski definition) is 2. The van der Waals surface area contributed by atoms with Crippen molar-refractivity contribution in [1.29, 1.82) is 5.26 Å². The SMILES string of the molecule is N#Cc1cc(COC(=O)C2=C(CCc3ccc4c(c3)OCO4)NC(=O)NC2c2ccc(F)cc2)ccc1F. The van der Waals surface area contributed by atoms with Gasteiger partial charge in [0.05, 0.1) is 17.2 Å². The van der Waals surface area contributed by atoms with Crippen LogP contribution in [0.1, 0.15) is 34.7 Å². The van der Waals surface area contributed by atoms with Crippen LogP contribution in [0.5, 0.6) is 11.5 Å². The molecule has 3 aromatic carbocycles. The van der Waals surface area contributed by atoms with E-state index in [1.807, 2.05) is 12.1 Å². The lowest BCUT2D eigenvalue weighted by Crippen LogP contribution is -2.46. The third kappa shape index (κ3) is 5.27. The number of amides is 2. The van der Waals surface area contributed by atoms with Gasteiger partial charge in [-0.1, -0.05) is 24.3 Å². The van der Waals surface area contributed by atoms with Gasteiger partial charge in [-0.25, -0.2) is 18.4 Å². The molecular formula is C28H21F2N3O5. The summed E-state index contributed by atoms with van der Waals surface area (Å²) in [6.45, 7) is -0.0816. The van der Waals surface area contributed by atoms with Crippen LogP contribution in [0, 0.1) is 23.0 Å². The second-order valence-corrected chi connectivity index (χ2v) is 8.67. The number of nitrogens with zero attached hydrogens (tertiary/aromatic N) is 1. The van der Waals surface area contributed by atoms with Gasteiger partial charge in [-0.3, -0.25) is 0 Å². The molecule has 3 aromatic rings. The Labute approximate surface area is 216 Å². The lowest BCUT2D eigenvalue weighted by atomic mass is 9.93. The first kappa shape index (κ1) is 24.8. The maximum Gasteiger partial charge on any atom is 0.338 e. The summed E-state index contributed by atoms with van der Waals surface area (Å²) in [5, 5.41) is 14.5. The Morgan fingerprint density at radius 3 is 2.55 bits per heavy atom.